The minimum Gasteiger partial charge on any atom is -0.326 e. The van der Waals surface area contributed by atoms with Gasteiger partial charge in [0.2, 0.25) is 0 Å². The second-order valence-corrected chi connectivity index (χ2v) is 2.82. The molecule has 0 aliphatic heterocycles. The normalized spacial score (nSPS) is 16.9. The number of allylic oxidation sites excluding steroid dienone is 3. The first-order valence-electron chi connectivity index (χ1n) is 3.28. The van der Waals surface area contributed by atoms with Crippen LogP contribution in [-0.4, -0.2) is 4.55 Å². The fraction of sp³-hybridized carbons (Fsp3) is 0.333. The summed E-state index contributed by atoms with van der Waals surface area (Å²) in [5, 5.41) is 1.57. The summed E-state index contributed by atoms with van der Waals surface area (Å²) in [5.74, 6) is 2.62. The molecule has 0 aromatic carbocycles. The molecule has 60 valence electrons. The molecular formula is C9H12OS. The first-order chi connectivity index (χ1) is 5.18. The first-order valence-corrected chi connectivity index (χ1v) is 4.11. The third-order valence-corrected chi connectivity index (χ3v) is 1.56. The van der Waals surface area contributed by atoms with Crippen molar-refractivity contribution in [2.75, 3.05) is 0 Å². The van der Waals surface area contributed by atoms with Crippen LogP contribution in [0.5, 0.6) is 0 Å². The van der Waals surface area contributed by atoms with Crippen molar-refractivity contribution >= 4 is 12.0 Å². The molecule has 0 rings (SSSR count). The molecule has 0 aromatic rings. The first kappa shape index (κ1) is 10.3. The largest absolute Gasteiger partial charge is 0.326 e. The molecule has 0 spiro atoms. The Morgan fingerprint density at radius 3 is 2.55 bits per heavy atom. The van der Waals surface area contributed by atoms with E-state index in [2.05, 4.69) is 5.92 Å². The molecule has 0 heterocycles. The molecule has 0 fully saturated rings. The third-order valence-electron chi connectivity index (χ3n) is 1.30. The Balaban J connectivity index is 4.37. The van der Waals surface area contributed by atoms with E-state index in [0.717, 1.165) is 0 Å². The molecule has 0 aromatic heterocycles. The Kier molecular flexibility index (Phi) is 4.76. The highest BCUT2D eigenvalue weighted by Crippen LogP contribution is 2.19. The fourth-order valence-electron chi connectivity index (χ4n) is 0.670. The maximum Gasteiger partial charge on any atom is 0.0651 e. The van der Waals surface area contributed by atoms with E-state index < -0.39 is 0 Å². The van der Waals surface area contributed by atoms with E-state index in [1.165, 1.54) is 0 Å². The van der Waals surface area contributed by atoms with Gasteiger partial charge in [0.25, 0.3) is 0 Å². The number of hydrogen-bond acceptors (Lipinski definition) is 2. The lowest BCUT2D eigenvalue weighted by Crippen LogP contribution is -2.04. The molecule has 1 nitrogen and oxygen atoms in total. The highest BCUT2D eigenvalue weighted by molar-refractivity contribution is 7.96. The van der Waals surface area contributed by atoms with Crippen LogP contribution in [0.1, 0.15) is 13.8 Å². The molecule has 0 aliphatic carbocycles. The lowest BCUT2D eigenvalue weighted by atomic mass is 9.92. The Labute approximate surface area is 72.4 Å². The van der Waals surface area contributed by atoms with Gasteiger partial charge in [-0.25, -0.2) is 0 Å². The topological polar surface area (TPSA) is 20.2 Å². The summed E-state index contributed by atoms with van der Waals surface area (Å²) in [7, 11) is 0. The predicted octanol–water partition coefficient (Wildman–Crippen LogP) is 2.92. The van der Waals surface area contributed by atoms with E-state index >= 15 is 0 Å². The van der Waals surface area contributed by atoms with Crippen LogP contribution in [0.15, 0.2) is 23.6 Å². The van der Waals surface area contributed by atoms with Crippen LogP contribution in [-0.2, 0) is 0 Å². The Bertz CT molecular complexity index is 200. The van der Waals surface area contributed by atoms with Crippen LogP contribution in [0.25, 0.3) is 0 Å². The molecule has 0 amide bonds. The van der Waals surface area contributed by atoms with Gasteiger partial charge in [-0.05, 0) is 19.3 Å². The summed E-state index contributed by atoms with van der Waals surface area (Å²) in [4.78, 5) is 0. The summed E-state index contributed by atoms with van der Waals surface area (Å²) in [6.45, 7) is 3.81. The van der Waals surface area contributed by atoms with E-state index in [0.29, 0.717) is 12.0 Å². The number of terminal acetylenes is 1. The van der Waals surface area contributed by atoms with E-state index in [1.54, 1.807) is 11.5 Å². The van der Waals surface area contributed by atoms with Crippen molar-refractivity contribution in [1.82, 2.24) is 0 Å². The van der Waals surface area contributed by atoms with Crippen molar-refractivity contribution in [3.63, 3.8) is 0 Å². The molecule has 11 heavy (non-hydrogen) atoms. The molecule has 0 saturated heterocycles. The summed E-state index contributed by atoms with van der Waals surface area (Å²) >= 11 is 0.660. The number of hydrogen-bond donors (Lipinski definition) is 1. The van der Waals surface area contributed by atoms with Crippen LogP contribution >= 0.6 is 12.0 Å². The van der Waals surface area contributed by atoms with E-state index in [4.69, 9.17) is 11.0 Å². The van der Waals surface area contributed by atoms with Crippen molar-refractivity contribution in [2.24, 2.45) is 5.41 Å². The average Bonchev–Trinajstić information content (AvgIpc) is 2.02. The molecule has 2 heteroatoms. The second-order valence-electron chi connectivity index (χ2n) is 2.34. The van der Waals surface area contributed by atoms with Crippen molar-refractivity contribution in [1.29, 1.82) is 0 Å². The number of rotatable bonds is 3. The summed E-state index contributed by atoms with van der Waals surface area (Å²) in [5.41, 5.74) is -0.371. The minimum absolute atomic E-state index is 0.371. The molecule has 1 unspecified atom stereocenters. The Morgan fingerprint density at radius 1 is 1.55 bits per heavy atom. The van der Waals surface area contributed by atoms with Crippen LogP contribution in [0.4, 0.5) is 0 Å². The second kappa shape index (κ2) is 5.06. The van der Waals surface area contributed by atoms with Crippen LogP contribution < -0.4 is 0 Å². The van der Waals surface area contributed by atoms with Crippen LogP contribution in [0.3, 0.4) is 0 Å². The highest BCUT2D eigenvalue weighted by atomic mass is 32.2. The minimum atomic E-state index is -0.371. The summed E-state index contributed by atoms with van der Waals surface area (Å²) in [6.07, 6.45) is 10.9. The van der Waals surface area contributed by atoms with Gasteiger partial charge in [0, 0.05) is 12.0 Å². The van der Waals surface area contributed by atoms with Crippen LogP contribution in [0, 0.1) is 17.8 Å². The summed E-state index contributed by atoms with van der Waals surface area (Å²) in [6, 6.07) is 0. The monoisotopic (exact) mass is 168 g/mol. The van der Waals surface area contributed by atoms with Gasteiger partial charge in [-0.15, -0.1) is 6.42 Å². The van der Waals surface area contributed by atoms with Gasteiger partial charge >= 0.3 is 0 Å². The zero-order valence-corrected chi connectivity index (χ0v) is 7.56. The summed E-state index contributed by atoms with van der Waals surface area (Å²) < 4.78 is 8.43. The molecule has 0 bridgehead atoms. The van der Waals surface area contributed by atoms with E-state index in [-0.39, 0.29) is 5.41 Å². The Morgan fingerprint density at radius 2 is 2.18 bits per heavy atom. The maximum absolute atomic E-state index is 8.43. The van der Waals surface area contributed by atoms with Crippen molar-refractivity contribution < 1.29 is 4.55 Å². The zero-order chi connectivity index (χ0) is 8.74. The van der Waals surface area contributed by atoms with Gasteiger partial charge in [0.15, 0.2) is 0 Å². The smallest absolute Gasteiger partial charge is 0.0651 e. The van der Waals surface area contributed by atoms with Gasteiger partial charge in [0.05, 0.1) is 5.41 Å². The van der Waals surface area contributed by atoms with Crippen LogP contribution in [0.2, 0.25) is 0 Å². The lowest BCUT2D eigenvalue weighted by molar-refractivity contribution is 0.670. The van der Waals surface area contributed by atoms with Gasteiger partial charge in [-0.2, -0.15) is 0 Å². The van der Waals surface area contributed by atoms with Gasteiger partial charge < -0.3 is 4.55 Å². The van der Waals surface area contributed by atoms with Gasteiger partial charge in [-0.1, -0.05) is 24.1 Å². The van der Waals surface area contributed by atoms with Crippen molar-refractivity contribution in [2.45, 2.75) is 13.8 Å². The highest BCUT2D eigenvalue weighted by Gasteiger charge is 2.11. The van der Waals surface area contributed by atoms with E-state index in [1.807, 2.05) is 26.0 Å². The quantitative estimate of drug-likeness (QED) is 0.397. The fourth-order valence-corrected chi connectivity index (χ4v) is 1.01. The van der Waals surface area contributed by atoms with E-state index in [9.17, 15) is 0 Å². The standard InChI is InChI=1S/C9H12OS/c1-4-6-9(3,5-2)7-8-11-10/h2,4,6-8,10H,1,3H3/b6-4?,8-7-. The van der Waals surface area contributed by atoms with Crippen molar-refractivity contribution in [3.8, 4) is 12.3 Å². The third kappa shape index (κ3) is 3.92. The molecule has 0 radical (unpaired) electrons. The predicted molar refractivity (Wildman–Crippen MR) is 51.1 cm³/mol. The molecule has 1 atom stereocenters. The zero-order valence-electron chi connectivity index (χ0n) is 6.74. The SMILES string of the molecule is C#CC(C)(C=CC)/C=C\SO. The molecule has 1 N–H and O–H groups in total. The molecule has 0 aliphatic rings. The average molecular weight is 168 g/mol. The van der Waals surface area contributed by atoms with Gasteiger partial charge in [-0.3, -0.25) is 0 Å². The maximum atomic E-state index is 8.43. The van der Waals surface area contributed by atoms with Gasteiger partial charge in [0.1, 0.15) is 0 Å². The Hall–Kier alpha value is -0.650. The lowest BCUT2D eigenvalue weighted by Gasteiger charge is -2.11. The molecular weight excluding hydrogens is 156 g/mol. The van der Waals surface area contributed by atoms with Crippen molar-refractivity contribution in [3.05, 3.63) is 23.6 Å². The molecule has 0 saturated carbocycles.